The van der Waals surface area contributed by atoms with E-state index in [9.17, 15) is 4.79 Å². The average molecular weight is 351 g/mol. The zero-order valence-electron chi connectivity index (χ0n) is 12.5. The van der Waals surface area contributed by atoms with Crippen molar-refractivity contribution in [2.45, 2.75) is 44.1 Å². The van der Waals surface area contributed by atoms with Crippen molar-refractivity contribution in [2.24, 2.45) is 11.7 Å². The van der Waals surface area contributed by atoms with Crippen molar-refractivity contribution in [2.75, 3.05) is 13.1 Å². The first kappa shape index (κ1) is 15.0. The van der Waals surface area contributed by atoms with Gasteiger partial charge in [0.15, 0.2) is 0 Å². The summed E-state index contributed by atoms with van der Waals surface area (Å²) in [5.74, 6) is 0.893. The number of likely N-dealkylation sites (tertiary alicyclic amines) is 1. The van der Waals surface area contributed by atoms with Crippen molar-refractivity contribution in [3.63, 3.8) is 0 Å². The van der Waals surface area contributed by atoms with Crippen LogP contribution in [0.1, 0.15) is 38.2 Å². The molecule has 4 heteroatoms. The molecule has 114 valence electrons. The van der Waals surface area contributed by atoms with Gasteiger partial charge in [-0.3, -0.25) is 4.79 Å². The SMILES string of the molecule is CC(N)C1CCN(C(=O)C2(c3ccc(Br)cc3)CC2)CC1. The van der Waals surface area contributed by atoms with Gasteiger partial charge in [-0.15, -0.1) is 0 Å². The van der Waals surface area contributed by atoms with Crippen LogP contribution in [0.15, 0.2) is 28.7 Å². The van der Waals surface area contributed by atoms with Crippen molar-refractivity contribution >= 4 is 21.8 Å². The van der Waals surface area contributed by atoms with Gasteiger partial charge in [0.2, 0.25) is 5.91 Å². The third-order valence-electron chi connectivity index (χ3n) is 5.13. The topological polar surface area (TPSA) is 46.3 Å². The molecule has 0 spiro atoms. The molecular weight excluding hydrogens is 328 g/mol. The molecule has 3 nitrogen and oxygen atoms in total. The van der Waals surface area contributed by atoms with Crippen LogP contribution in [-0.2, 0) is 10.2 Å². The predicted octanol–water partition coefficient (Wildman–Crippen LogP) is 3.07. The van der Waals surface area contributed by atoms with E-state index in [0.717, 1.165) is 43.2 Å². The van der Waals surface area contributed by atoms with Crippen LogP contribution < -0.4 is 5.73 Å². The van der Waals surface area contributed by atoms with Gasteiger partial charge < -0.3 is 10.6 Å². The highest BCUT2D eigenvalue weighted by Crippen LogP contribution is 2.50. The van der Waals surface area contributed by atoms with Gasteiger partial charge in [-0.2, -0.15) is 0 Å². The van der Waals surface area contributed by atoms with Crippen LogP contribution in [0.2, 0.25) is 0 Å². The molecule has 1 saturated carbocycles. The largest absolute Gasteiger partial charge is 0.342 e. The van der Waals surface area contributed by atoms with Crippen LogP contribution in [0.5, 0.6) is 0 Å². The number of nitrogens with two attached hydrogens (primary N) is 1. The molecule has 1 heterocycles. The lowest BCUT2D eigenvalue weighted by Gasteiger charge is -2.36. The van der Waals surface area contributed by atoms with Gasteiger partial charge >= 0.3 is 0 Å². The molecule has 1 amide bonds. The van der Waals surface area contributed by atoms with Crippen molar-refractivity contribution in [1.29, 1.82) is 0 Å². The van der Waals surface area contributed by atoms with E-state index in [0.29, 0.717) is 11.8 Å². The lowest BCUT2D eigenvalue weighted by atomic mass is 9.88. The van der Waals surface area contributed by atoms with E-state index < -0.39 is 0 Å². The van der Waals surface area contributed by atoms with Gasteiger partial charge in [-0.05, 0) is 56.2 Å². The Hall–Kier alpha value is -0.870. The number of nitrogens with zero attached hydrogens (tertiary/aromatic N) is 1. The molecule has 1 saturated heterocycles. The fourth-order valence-electron chi connectivity index (χ4n) is 3.45. The maximum Gasteiger partial charge on any atom is 0.233 e. The third kappa shape index (κ3) is 2.88. The summed E-state index contributed by atoms with van der Waals surface area (Å²) in [6.07, 6.45) is 4.06. The number of hydrogen-bond acceptors (Lipinski definition) is 2. The van der Waals surface area contributed by atoms with E-state index in [1.807, 2.05) is 12.1 Å². The lowest BCUT2D eigenvalue weighted by molar-refractivity contribution is -0.135. The number of amides is 1. The Morgan fingerprint density at radius 2 is 1.86 bits per heavy atom. The highest BCUT2D eigenvalue weighted by Gasteiger charge is 2.53. The summed E-state index contributed by atoms with van der Waals surface area (Å²) in [6.45, 7) is 3.80. The van der Waals surface area contributed by atoms with Crippen LogP contribution >= 0.6 is 15.9 Å². The average Bonchev–Trinajstić information content (AvgIpc) is 3.29. The monoisotopic (exact) mass is 350 g/mol. The van der Waals surface area contributed by atoms with Crippen molar-refractivity contribution in [3.8, 4) is 0 Å². The quantitative estimate of drug-likeness (QED) is 0.910. The molecule has 2 fully saturated rings. The van der Waals surface area contributed by atoms with Gasteiger partial charge in [0, 0.05) is 23.6 Å². The molecule has 1 aliphatic heterocycles. The number of carbonyl (C=O) groups is 1. The Balaban J connectivity index is 1.70. The van der Waals surface area contributed by atoms with Gasteiger partial charge in [0.05, 0.1) is 5.41 Å². The minimum Gasteiger partial charge on any atom is -0.342 e. The van der Waals surface area contributed by atoms with E-state index in [4.69, 9.17) is 5.73 Å². The second-order valence-corrected chi connectivity index (χ2v) is 7.49. The number of halogens is 1. The molecule has 21 heavy (non-hydrogen) atoms. The Bertz CT molecular complexity index is 514. The molecule has 0 radical (unpaired) electrons. The van der Waals surface area contributed by atoms with E-state index in [1.165, 1.54) is 5.56 Å². The molecule has 3 rings (SSSR count). The van der Waals surface area contributed by atoms with Gasteiger partial charge in [0.1, 0.15) is 0 Å². The molecule has 0 aromatic heterocycles. The summed E-state index contributed by atoms with van der Waals surface area (Å²) in [6, 6.07) is 8.48. The van der Waals surface area contributed by atoms with Crippen molar-refractivity contribution in [1.82, 2.24) is 4.90 Å². The summed E-state index contributed by atoms with van der Waals surface area (Å²) < 4.78 is 1.06. The molecule has 2 N–H and O–H groups in total. The molecule has 1 aromatic carbocycles. The molecular formula is C17H23BrN2O. The fourth-order valence-corrected chi connectivity index (χ4v) is 3.72. The Morgan fingerprint density at radius 1 is 1.29 bits per heavy atom. The highest BCUT2D eigenvalue weighted by molar-refractivity contribution is 9.10. The standard InChI is InChI=1S/C17H23BrN2O/c1-12(19)13-6-10-20(11-7-13)16(21)17(8-9-17)14-2-4-15(18)5-3-14/h2-5,12-13H,6-11,19H2,1H3. The number of carbonyl (C=O) groups excluding carboxylic acids is 1. The molecule has 0 bridgehead atoms. The fraction of sp³-hybridized carbons (Fsp3) is 0.588. The second-order valence-electron chi connectivity index (χ2n) is 6.58. The van der Waals surface area contributed by atoms with E-state index in [2.05, 4.69) is 39.9 Å². The maximum atomic E-state index is 12.9. The molecule has 2 aliphatic rings. The maximum absolute atomic E-state index is 12.9. The van der Waals surface area contributed by atoms with Gasteiger partial charge in [-0.25, -0.2) is 0 Å². The van der Waals surface area contributed by atoms with Crippen molar-refractivity contribution in [3.05, 3.63) is 34.3 Å². The summed E-state index contributed by atoms with van der Waals surface area (Å²) in [5.41, 5.74) is 6.92. The van der Waals surface area contributed by atoms with Crippen LogP contribution in [0, 0.1) is 5.92 Å². The summed E-state index contributed by atoms with van der Waals surface area (Å²) in [7, 11) is 0. The summed E-state index contributed by atoms with van der Waals surface area (Å²) in [4.78, 5) is 15.0. The van der Waals surface area contributed by atoms with Crippen LogP contribution in [-0.4, -0.2) is 29.9 Å². The minimum atomic E-state index is -0.234. The molecule has 1 aliphatic carbocycles. The number of rotatable bonds is 3. The van der Waals surface area contributed by atoms with E-state index in [-0.39, 0.29) is 11.5 Å². The number of piperidine rings is 1. The first-order valence-corrected chi connectivity index (χ1v) is 8.63. The normalized spacial score (nSPS) is 22.9. The molecule has 1 aromatic rings. The van der Waals surface area contributed by atoms with Gasteiger partial charge in [-0.1, -0.05) is 28.1 Å². The van der Waals surface area contributed by atoms with Crippen LogP contribution in [0.4, 0.5) is 0 Å². The number of hydrogen-bond donors (Lipinski definition) is 1. The van der Waals surface area contributed by atoms with Gasteiger partial charge in [0.25, 0.3) is 0 Å². The molecule has 1 atom stereocenters. The Labute approximate surface area is 135 Å². The molecule has 1 unspecified atom stereocenters. The van der Waals surface area contributed by atoms with Crippen LogP contribution in [0.3, 0.4) is 0 Å². The van der Waals surface area contributed by atoms with E-state index >= 15 is 0 Å². The second kappa shape index (κ2) is 5.73. The lowest BCUT2D eigenvalue weighted by Crippen LogP contribution is -2.46. The summed E-state index contributed by atoms with van der Waals surface area (Å²) >= 11 is 3.46. The zero-order valence-corrected chi connectivity index (χ0v) is 14.1. The zero-order chi connectivity index (χ0) is 15.0. The predicted molar refractivity (Wildman–Crippen MR) is 88.0 cm³/mol. The Morgan fingerprint density at radius 3 is 2.33 bits per heavy atom. The minimum absolute atomic E-state index is 0.234. The van der Waals surface area contributed by atoms with Crippen LogP contribution in [0.25, 0.3) is 0 Å². The van der Waals surface area contributed by atoms with Crippen molar-refractivity contribution < 1.29 is 4.79 Å². The Kier molecular flexibility index (Phi) is 4.10. The first-order valence-electron chi connectivity index (χ1n) is 7.84. The summed E-state index contributed by atoms with van der Waals surface area (Å²) in [5, 5.41) is 0. The highest BCUT2D eigenvalue weighted by atomic mass is 79.9. The third-order valence-corrected chi connectivity index (χ3v) is 5.66. The first-order chi connectivity index (χ1) is 10.0. The smallest absolute Gasteiger partial charge is 0.233 e. The number of benzene rings is 1. The van der Waals surface area contributed by atoms with E-state index in [1.54, 1.807) is 0 Å².